The molecule has 1 amide bonds. The summed E-state index contributed by atoms with van der Waals surface area (Å²) in [5.41, 5.74) is 5.87. The Labute approximate surface area is 115 Å². The fourth-order valence-electron chi connectivity index (χ4n) is 1.49. The van der Waals surface area contributed by atoms with Crippen molar-refractivity contribution in [3.05, 3.63) is 58.6 Å². The van der Waals surface area contributed by atoms with Gasteiger partial charge >= 0.3 is 0 Å². The van der Waals surface area contributed by atoms with E-state index < -0.39 is 5.91 Å². The normalized spacial score (nSPS) is 9.68. The summed E-state index contributed by atoms with van der Waals surface area (Å²) in [5.74, 6) is 0.401. The number of amides is 1. The van der Waals surface area contributed by atoms with Crippen LogP contribution in [0, 0.1) is 11.3 Å². The zero-order valence-corrected chi connectivity index (χ0v) is 10.5. The van der Waals surface area contributed by atoms with E-state index in [2.05, 4.69) is 0 Å². The number of nitrogens with two attached hydrogens (primary N) is 1. The van der Waals surface area contributed by atoms with E-state index in [-0.39, 0.29) is 0 Å². The van der Waals surface area contributed by atoms with E-state index >= 15 is 0 Å². The maximum absolute atomic E-state index is 10.9. The topological polar surface area (TPSA) is 76.1 Å². The number of nitriles is 1. The van der Waals surface area contributed by atoms with Gasteiger partial charge in [-0.2, -0.15) is 5.26 Å². The standard InChI is InChI=1S/C14H9ClN2O2/c15-11-3-6-13(10(7-11)8-16)19-12-4-1-9(2-5-12)14(17)18/h1-7H,(H2,17,18). The van der Waals surface area contributed by atoms with Gasteiger partial charge in [-0.1, -0.05) is 11.6 Å². The van der Waals surface area contributed by atoms with Crippen LogP contribution in [0.15, 0.2) is 42.5 Å². The van der Waals surface area contributed by atoms with Gasteiger partial charge in [-0.05, 0) is 42.5 Å². The van der Waals surface area contributed by atoms with E-state index in [4.69, 9.17) is 27.3 Å². The molecule has 5 heteroatoms. The van der Waals surface area contributed by atoms with Crippen molar-refractivity contribution < 1.29 is 9.53 Å². The van der Waals surface area contributed by atoms with Gasteiger partial charge < -0.3 is 10.5 Å². The second-order valence-electron chi connectivity index (χ2n) is 3.74. The van der Waals surface area contributed by atoms with Crippen molar-refractivity contribution in [3.8, 4) is 17.6 Å². The lowest BCUT2D eigenvalue weighted by atomic mass is 10.2. The monoisotopic (exact) mass is 272 g/mol. The minimum Gasteiger partial charge on any atom is -0.456 e. The van der Waals surface area contributed by atoms with Gasteiger partial charge in [-0.25, -0.2) is 0 Å². The van der Waals surface area contributed by atoms with Crippen molar-refractivity contribution in [2.75, 3.05) is 0 Å². The summed E-state index contributed by atoms with van der Waals surface area (Å²) in [6, 6.07) is 13.1. The Morgan fingerprint density at radius 1 is 1.21 bits per heavy atom. The molecule has 2 aromatic carbocycles. The molecular formula is C14H9ClN2O2. The number of primary amides is 1. The summed E-state index contributed by atoms with van der Waals surface area (Å²) >= 11 is 5.80. The Morgan fingerprint density at radius 3 is 2.47 bits per heavy atom. The van der Waals surface area contributed by atoms with Crippen LogP contribution in [-0.4, -0.2) is 5.91 Å². The van der Waals surface area contributed by atoms with Crippen LogP contribution >= 0.6 is 11.6 Å². The van der Waals surface area contributed by atoms with Crippen molar-refractivity contribution in [1.82, 2.24) is 0 Å². The van der Waals surface area contributed by atoms with Crippen LogP contribution in [0.3, 0.4) is 0 Å². The minimum atomic E-state index is -0.504. The number of carbonyl (C=O) groups excluding carboxylic acids is 1. The number of hydrogen-bond acceptors (Lipinski definition) is 3. The molecule has 0 aliphatic heterocycles. The Morgan fingerprint density at radius 2 is 1.89 bits per heavy atom. The maximum Gasteiger partial charge on any atom is 0.248 e. The highest BCUT2D eigenvalue weighted by atomic mass is 35.5. The molecule has 4 nitrogen and oxygen atoms in total. The molecule has 0 saturated carbocycles. The van der Waals surface area contributed by atoms with Gasteiger partial charge in [0.2, 0.25) is 5.91 Å². The number of hydrogen-bond donors (Lipinski definition) is 1. The van der Waals surface area contributed by atoms with Gasteiger partial charge in [0.25, 0.3) is 0 Å². The third kappa shape index (κ3) is 3.03. The Hall–Kier alpha value is -2.51. The molecule has 0 spiro atoms. The molecule has 19 heavy (non-hydrogen) atoms. The molecule has 0 bridgehead atoms. The summed E-state index contributed by atoms with van der Waals surface area (Å²) in [7, 11) is 0. The average Bonchev–Trinajstić information content (AvgIpc) is 2.41. The summed E-state index contributed by atoms with van der Waals surface area (Å²) < 4.78 is 5.56. The number of carbonyl (C=O) groups is 1. The molecule has 0 radical (unpaired) electrons. The highest BCUT2D eigenvalue weighted by Gasteiger charge is 2.06. The minimum absolute atomic E-state index is 0.339. The highest BCUT2D eigenvalue weighted by molar-refractivity contribution is 6.30. The number of rotatable bonds is 3. The van der Waals surface area contributed by atoms with Crippen molar-refractivity contribution in [3.63, 3.8) is 0 Å². The van der Waals surface area contributed by atoms with Gasteiger partial charge in [-0.3, -0.25) is 4.79 Å². The van der Waals surface area contributed by atoms with Crippen molar-refractivity contribution in [2.45, 2.75) is 0 Å². The predicted octanol–water partition coefficient (Wildman–Crippen LogP) is 3.10. The molecule has 94 valence electrons. The third-order valence-electron chi connectivity index (χ3n) is 2.43. The van der Waals surface area contributed by atoms with E-state index in [1.54, 1.807) is 36.4 Å². The van der Waals surface area contributed by atoms with Crippen LogP contribution in [-0.2, 0) is 0 Å². The number of benzene rings is 2. The summed E-state index contributed by atoms with van der Waals surface area (Å²) in [4.78, 5) is 10.9. The third-order valence-corrected chi connectivity index (χ3v) is 2.66. The lowest BCUT2D eigenvalue weighted by Crippen LogP contribution is -2.10. The molecule has 0 fully saturated rings. The van der Waals surface area contributed by atoms with Gasteiger partial charge in [0.1, 0.15) is 17.6 Å². The van der Waals surface area contributed by atoms with E-state index in [9.17, 15) is 4.79 Å². The molecule has 0 saturated heterocycles. The Balaban J connectivity index is 2.26. The van der Waals surface area contributed by atoms with Crippen LogP contribution in [0.1, 0.15) is 15.9 Å². The lowest BCUT2D eigenvalue weighted by Gasteiger charge is -2.07. The zero-order valence-electron chi connectivity index (χ0n) is 9.76. The van der Waals surface area contributed by atoms with E-state index in [0.29, 0.717) is 27.6 Å². The van der Waals surface area contributed by atoms with Crippen LogP contribution < -0.4 is 10.5 Å². The molecule has 0 heterocycles. The predicted molar refractivity (Wildman–Crippen MR) is 71.2 cm³/mol. The Bertz CT molecular complexity index is 660. The fourth-order valence-corrected chi connectivity index (χ4v) is 1.66. The second kappa shape index (κ2) is 5.42. The second-order valence-corrected chi connectivity index (χ2v) is 4.18. The number of nitrogens with zero attached hydrogens (tertiary/aromatic N) is 1. The van der Waals surface area contributed by atoms with Gasteiger partial charge in [0, 0.05) is 10.6 Å². The lowest BCUT2D eigenvalue weighted by molar-refractivity contribution is 0.100. The van der Waals surface area contributed by atoms with Crippen LogP contribution in [0.2, 0.25) is 5.02 Å². The van der Waals surface area contributed by atoms with Crippen LogP contribution in [0.25, 0.3) is 0 Å². The average molecular weight is 273 g/mol. The van der Waals surface area contributed by atoms with Crippen LogP contribution in [0.4, 0.5) is 0 Å². The first-order valence-corrected chi connectivity index (χ1v) is 5.75. The van der Waals surface area contributed by atoms with E-state index in [1.165, 1.54) is 6.07 Å². The smallest absolute Gasteiger partial charge is 0.248 e. The first kappa shape index (κ1) is 12.9. The number of ether oxygens (including phenoxy) is 1. The number of halogens is 1. The molecule has 0 aromatic heterocycles. The van der Waals surface area contributed by atoms with E-state index in [1.807, 2.05) is 6.07 Å². The van der Waals surface area contributed by atoms with Crippen molar-refractivity contribution in [1.29, 1.82) is 5.26 Å². The molecule has 0 atom stereocenters. The maximum atomic E-state index is 10.9. The molecule has 0 unspecified atom stereocenters. The quantitative estimate of drug-likeness (QED) is 0.933. The SMILES string of the molecule is N#Cc1cc(Cl)ccc1Oc1ccc(C(N)=O)cc1. The molecule has 2 N–H and O–H groups in total. The van der Waals surface area contributed by atoms with Crippen molar-refractivity contribution >= 4 is 17.5 Å². The summed E-state index contributed by atoms with van der Waals surface area (Å²) in [6.07, 6.45) is 0. The Kier molecular flexibility index (Phi) is 3.69. The fraction of sp³-hybridized carbons (Fsp3) is 0. The molecule has 2 aromatic rings. The molecule has 0 aliphatic carbocycles. The van der Waals surface area contributed by atoms with Crippen LogP contribution in [0.5, 0.6) is 11.5 Å². The van der Waals surface area contributed by atoms with E-state index in [0.717, 1.165) is 0 Å². The van der Waals surface area contributed by atoms with Crippen molar-refractivity contribution in [2.24, 2.45) is 5.73 Å². The van der Waals surface area contributed by atoms with Gasteiger partial charge in [-0.15, -0.1) is 0 Å². The highest BCUT2D eigenvalue weighted by Crippen LogP contribution is 2.27. The van der Waals surface area contributed by atoms with Gasteiger partial charge in [0.05, 0.1) is 5.56 Å². The van der Waals surface area contributed by atoms with Gasteiger partial charge in [0.15, 0.2) is 0 Å². The largest absolute Gasteiger partial charge is 0.456 e. The first-order valence-electron chi connectivity index (χ1n) is 5.37. The summed E-state index contributed by atoms with van der Waals surface area (Å²) in [6.45, 7) is 0. The molecule has 2 rings (SSSR count). The molecular weight excluding hydrogens is 264 g/mol. The molecule has 0 aliphatic rings. The zero-order chi connectivity index (χ0) is 13.8. The first-order chi connectivity index (χ1) is 9.10. The summed E-state index contributed by atoms with van der Waals surface area (Å²) in [5, 5.41) is 9.45.